The molecule has 1 aliphatic carbocycles. The second-order valence-electron chi connectivity index (χ2n) is 9.04. The molecule has 3 aromatic rings. The third-order valence-electron chi connectivity index (χ3n) is 6.78. The number of aromatic nitrogens is 4. The summed E-state index contributed by atoms with van der Waals surface area (Å²) in [4.78, 5) is 31.7. The van der Waals surface area contributed by atoms with Crippen molar-refractivity contribution < 1.29 is 9.90 Å². The van der Waals surface area contributed by atoms with Crippen LogP contribution in [-0.4, -0.2) is 53.8 Å². The first-order valence-corrected chi connectivity index (χ1v) is 11.9. The zero-order valence-corrected chi connectivity index (χ0v) is 19.3. The summed E-state index contributed by atoms with van der Waals surface area (Å²) < 4.78 is 3.43. The number of imidazole rings is 1. The number of amides is 1. The number of rotatable bonds is 6. The summed E-state index contributed by atoms with van der Waals surface area (Å²) in [7, 11) is 0. The number of aliphatic hydroxyl groups is 1. The zero-order chi connectivity index (χ0) is 22.3. The summed E-state index contributed by atoms with van der Waals surface area (Å²) in [5.41, 5.74) is 0.0971. The molecule has 2 fully saturated rings. The lowest BCUT2D eigenvalue weighted by atomic mass is 9.88. The molecular formula is C23H26BrN5O3. The summed E-state index contributed by atoms with van der Waals surface area (Å²) in [6.45, 7) is 1.11. The predicted molar refractivity (Wildman–Crippen MR) is 122 cm³/mol. The summed E-state index contributed by atoms with van der Waals surface area (Å²) in [5, 5.41) is 15.3. The van der Waals surface area contributed by atoms with E-state index in [1.807, 2.05) is 23.1 Å². The van der Waals surface area contributed by atoms with E-state index in [2.05, 4.69) is 38.1 Å². The minimum Gasteiger partial charge on any atom is -0.388 e. The van der Waals surface area contributed by atoms with Gasteiger partial charge in [-0.25, -0.2) is 9.50 Å². The van der Waals surface area contributed by atoms with Gasteiger partial charge in [0.05, 0.1) is 18.3 Å². The van der Waals surface area contributed by atoms with Crippen molar-refractivity contribution in [2.75, 3.05) is 13.1 Å². The highest BCUT2D eigenvalue weighted by Gasteiger charge is 2.38. The standard InChI is InChI=1S/C23H26BrN5O3/c24-19-13-25-21-22(31)28(15-26-29(19)21)14-23(32)8-10-27(11-9-23)20(30)12-18(17-6-7-17)16-4-2-1-3-5-16/h1-5,13,15,17-18,32H,6-12,14H2. The van der Waals surface area contributed by atoms with Crippen molar-refractivity contribution in [3.8, 4) is 0 Å². The van der Waals surface area contributed by atoms with Crippen molar-refractivity contribution in [1.82, 2.24) is 24.1 Å². The number of carbonyl (C=O) groups is 1. The number of hydrogen-bond donors (Lipinski definition) is 1. The molecular weight excluding hydrogens is 474 g/mol. The Labute approximate surface area is 194 Å². The van der Waals surface area contributed by atoms with Crippen LogP contribution in [0.2, 0.25) is 0 Å². The number of carbonyl (C=O) groups excluding carboxylic acids is 1. The molecule has 2 aliphatic rings. The van der Waals surface area contributed by atoms with Gasteiger partial charge in [-0.3, -0.25) is 14.2 Å². The fraction of sp³-hybridized carbons (Fsp3) is 0.478. The molecule has 0 radical (unpaired) electrons. The molecule has 1 aromatic carbocycles. The van der Waals surface area contributed by atoms with E-state index >= 15 is 0 Å². The van der Waals surface area contributed by atoms with Crippen LogP contribution < -0.4 is 5.56 Å². The number of benzene rings is 1. The Morgan fingerprint density at radius 3 is 2.62 bits per heavy atom. The van der Waals surface area contributed by atoms with Crippen molar-refractivity contribution in [3.05, 3.63) is 63.4 Å². The van der Waals surface area contributed by atoms with Gasteiger partial charge >= 0.3 is 0 Å². The van der Waals surface area contributed by atoms with E-state index in [0.717, 1.165) is 0 Å². The average molecular weight is 500 g/mol. The topological polar surface area (TPSA) is 92.7 Å². The Morgan fingerprint density at radius 1 is 1.22 bits per heavy atom. The smallest absolute Gasteiger partial charge is 0.297 e. The molecule has 9 heteroatoms. The number of hydrogen-bond acceptors (Lipinski definition) is 5. The highest BCUT2D eigenvalue weighted by atomic mass is 79.9. The molecule has 5 rings (SSSR count). The summed E-state index contributed by atoms with van der Waals surface area (Å²) in [5.74, 6) is 1.02. The first-order chi connectivity index (χ1) is 15.4. The molecule has 0 spiro atoms. The minimum atomic E-state index is -1.06. The molecule has 1 atom stereocenters. The fourth-order valence-electron chi connectivity index (χ4n) is 4.71. The molecule has 32 heavy (non-hydrogen) atoms. The lowest BCUT2D eigenvalue weighted by molar-refractivity contribution is -0.136. The zero-order valence-electron chi connectivity index (χ0n) is 17.7. The third-order valence-corrected chi connectivity index (χ3v) is 7.32. The van der Waals surface area contributed by atoms with Crippen LogP contribution in [-0.2, 0) is 11.3 Å². The molecule has 0 bridgehead atoms. The van der Waals surface area contributed by atoms with E-state index in [0.29, 0.717) is 42.9 Å². The van der Waals surface area contributed by atoms with Crippen molar-refractivity contribution >= 4 is 27.5 Å². The van der Waals surface area contributed by atoms with Gasteiger partial charge in [0, 0.05) is 19.5 Å². The number of likely N-dealkylation sites (tertiary alicyclic amines) is 1. The third kappa shape index (κ3) is 4.23. The molecule has 1 N–H and O–H groups in total. The van der Waals surface area contributed by atoms with Crippen LogP contribution in [0.1, 0.15) is 43.6 Å². The maximum Gasteiger partial charge on any atom is 0.297 e. The van der Waals surface area contributed by atoms with Crippen LogP contribution in [0.25, 0.3) is 5.65 Å². The van der Waals surface area contributed by atoms with Crippen LogP contribution in [0.3, 0.4) is 0 Å². The first kappa shape index (κ1) is 21.3. The Morgan fingerprint density at radius 2 is 1.94 bits per heavy atom. The highest BCUT2D eigenvalue weighted by Crippen LogP contribution is 2.44. The molecule has 1 amide bonds. The van der Waals surface area contributed by atoms with Gasteiger partial charge in [0.25, 0.3) is 5.56 Å². The lowest BCUT2D eigenvalue weighted by Gasteiger charge is -2.38. The van der Waals surface area contributed by atoms with E-state index in [1.165, 1.54) is 40.0 Å². The number of nitrogens with zero attached hydrogens (tertiary/aromatic N) is 5. The Bertz CT molecular complexity index is 1180. The molecule has 8 nitrogen and oxygen atoms in total. The SMILES string of the molecule is O=C(CC(c1ccccc1)C1CC1)N1CCC(O)(Cn2cnn3c(Br)cnc3c2=O)CC1. The Hall–Kier alpha value is -2.52. The average Bonchev–Trinajstić information content (AvgIpc) is 3.57. The van der Waals surface area contributed by atoms with Gasteiger partial charge in [0.15, 0.2) is 0 Å². The summed E-state index contributed by atoms with van der Waals surface area (Å²) >= 11 is 3.30. The van der Waals surface area contributed by atoms with Crippen molar-refractivity contribution in [2.24, 2.45) is 5.92 Å². The minimum absolute atomic E-state index is 0.135. The number of fused-ring (bicyclic) bond motifs is 1. The molecule has 1 saturated heterocycles. The van der Waals surface area contributed by atoms with Gasteiger partial charge in [-0.1, -0.05) is 30.3 Å². The monoisotopic (exact) mass is 499 g/mol. The van der Waals surface area contributed by atoms with Gasteiger partial charge < -0.3 is 10.0 Å². The highest BCUT2D eigenvalue weighted by molar-refractivity contribution is 9.10. The van der Waals surface area contributed by atoms with E-state index in [-0.39, 0.29) is 29.6 Å². The summed E-state index contributed by atoms with van der Waals surface area (Å²) in [6, 6.07) is 10.3. The van der Waals surface area contributed by atoms with E-state index < -0.39 is 5.60 Å². The van der Waals surface area contributed by atoms with Gasteiger partial charge in [-0.15, -0.1) is 0 Å². The lowest BCUT2D eigenvalue weighted by Crippen LogP contribution is -2.50. The molecule has 1 aliphatic heterocycles. The predicted octanol–water partition coefficient (Wildman–Crippen LogP) is 2.59. The van der Waals surface area contributed by atoms with Crippen molar-refractivity contribution in [3.63, 3.8) is 0 Å². The van der Waals surface area contributed by atoms with Gasteiger partial charge in [-0.05, 0) is 59.0 Å². The maximum absolute atomic E-state index is 13.0. The van der Waals surface area contributed by atoms with Crippen molar-refractivity contribution in [1.29, 1.82) is 0 Å². The van der Waals surface area contributed by atoms with E-state index in [9.17, 15) is 14.7 Å². The first-order valence-electron chi connectivity index (χ1n) is 11.1. The molecule has 168 valence electrons. The van der Waals surface area contributed by atoms with E-state index in [1.54, 1.807) is 0 Å². The van der Waals surface area contributed by atoms with Crippen LogP contribution in [0, 0.1) is 5.92 Å². The van der Waals surface area contributed by atoms with Gasteiger partial charge in [0.1, 0.15) is 10.9 Å². The van der Waals surface area contributed by atoms with Crippen LogP contribution in [0.4, 0.5) is 0 Å². The molecule has 3 heterocycles. The summed E-state index contributed by atoms with van der Waals surface area (Å²) in [6.07, 6.45) is 6.69. The van der Waals surface area contributed by atoms with Gasteiger partial charge in [0.2, 0.25) is 11.6 Å². The normalized spacial score (nSPS) is 19.2. The van der Waals surface area contributed by atoms with Crippen LogP contribution >= 0.6 is 15.9 Å². The quantitative estimate of drug-likeness (QED) is 0.562. The van der Waals surface area contributed by atoms with Crippen LogP contribution in [0.15, 0.2) is 52.3 Å². The maximum atomic E-state index is 13.0. The fourth-order valence-corrected chi connectivity index (χ4v) is 5.07. The van der Waals surface area contributed by atoms with Crippen molar-refractivity contribution in [2.45, 2.75) is 50.2 Å². The second kappa shape index (κ2) is 8.44. The van der Waals surface area contributed by atoms with Gasteiger partial charge in [-0.2, -0.15) is 5.10 Å². The Kier molecular flexibility index (Phi) is 5.63. The van der Waals surface area contributed by atoms with E-state index in [4.69, 9.17) is 0 Å². The second-order valence-corrected chi connectivity index (χ2v) is 9.86. The number of halogens is 1. The molecule has 1 unspecified atom stereocenters. The molecule has 1 saturated carbocycles. The Balaban J connectivity index is 1.23. The van der Waals surface area contributed by atoms with Crippen LogP contribution in [0.5, 0.6) is 0 Å². The number of piperidine rings is 1. The molecule has 2 aromatic heterocycles. The largest absolute Gasteiger partial charge is 0.388 e.